The molecule has 0 aliphatic carbocycles. The van der Waals surface area contributed by atoms with E-state index < -0.39 is 0 Å². The maximum Gasteiger partial charge on any atom is 0.284 e. The molecule has 0 unspecified atom stereocenters. The van der Waals surface area contributed by atoms with Crippen LogP contribution in [0.4, 0.5) is 5.69 Å². The molecule has 0 aliphatic heterocycles. The lowest BCUT2D eigenvalue weighted by Gasteiger charge is -2.01. The quantitative estimate of drug-likeness (QED) is 0.371. The van der Waals surface area contributed by atoms with Crippen molar-refractivity contribution in [3.8, 4) is 0 Å². The van der Waals surface area contributed by atoms with Gasteiger partial charge < -0.3 is 0 Å². The van der Waals surface area contributed by atoms with Crippen molar-refractivity contribution in [2.75, 3.05) is 11.6 Å². The van der Waals surface area contributed by atoms with E-state index in [0.717, 1.165) is 15.2 Å². The zero-order chi connectivity index (χ0) is 12.4. The lowest BCUT2D eigenvalue weighted by atomic mass is 10.3. The molecule has 0 N–H and O–H groups in total. The summed E-state index contributed by atoms with van der Waals surface area (Å²) in [6.45, 7) is 1.89. The lowest BCUT2D eigenvalue weighted by Crippen LogP contribution is -1.92. The van der Waals surface area contributed by atoms with E-state index in [0.29, 0.717) is 16.5 Å². The van der Waals surface area contributed by atoms with E-state index in [1.807, 2.05) is 6.92 Å². The average molecular weight is 289 g/mol. The number of halogens is 1. The molecule has 7 heteroatoms. The van der Waals surface area contributed by atoms with Gasteiger partial charge in [-0.25, -0.2) is 4.98 Å². The molecule has 1 heterocycles. The summed E-state index contributed by atoms with van der Waals surface area (Å²) in [6.07, 6.45) is 0. The molecular weight excluding hydrogens is 280 g/mol. The van der Waals surface area contributed by atoms with Crippen LogP contribution in [0.2, 0.25) is 0 Å². The lowest BCUT2D eigenvalue weighted by molar-refractivity contribution is -0.387. The van der Waals surface area contributed by atoms with E-state index in [4.69, 9.17) is 11.6 Å². The predicted octanol–water partition coefficient (Wildman–Crippen LogP) is 3.84. The molecule has 0 bridgehead atoms. The molecule has 0 amide bonds. The van der Waals surface area contributed by atoms with Crippen LogP contribution in [0.1, 0.15) is 5.01 Å². The first-order chi connectivity index (χ1) is 8.11. The molecule has 0 saturated carbocycles. The molecule has 0 atom stereocenters. The largest absolute Gasteiger partial charge is 0.284 e. The summed E-state index contributed by atoms with van der Waals surface area (Å²) >= 11 is 8.46. The number of thioether (sulfide) groups is 1. The van der Waals surface area contributed by atoms with E-state index in [-0.39, 0.29) is 10.6 Å². The standard InChI is InChI=1S/C10H9ClN2O2S2/c1-6-12-7-4-10(16-3-2-11)8(13(14)15)5-9(7)17-6/h4-5H,2-3H2,1H3. The molecule has 0 aliphatic rings. The van der Waals surface area contributed by atoms with Crippen molar-refractivity contribution in [1.82, 2.24) is 4.98 Å². The number of alkyl halides is 1. The fourth-order valence-corrected chi connectivity index (χ4v) is 3.31. The highest BCUT2D eigenvalue weighted by atomic mass is 35.5. The molecule has 0 radical (unpaired) electrons. The van der Waals surface area contributed by atoms with Gasteiger partial charge in [-0.3, -0.25) is 10.1 Å². The molecule has 4 nitrogen and oxygen atoms in total. The fourth-order valence-electron chi connectivity index (χ4n) is 1.47. The molecule has 0 saturated heterocycles. The van der Waals surface area contributed by atoms with Gasteiger partial charge in [0, 0.05) is 17.7 Å². The minimum atomic E-state index is -0.356. The van der Waals surface area contributed by atoms with Crippen LogP contribution < -0.4 is 0 Å². The van der Waals surface area contributed by atoms with Crippen molar-refractivity contribution in [1.29, 1.82) is 0 Å². The van der Waals surface area contributed by atoms with Gasteiger partial charge in [-0.2, -0.15) is 0 Å². The highest BCUT2D eigenvalue weighted by Crippen LogP contribution is 2.35. The highest BCUT2D eigenvalue weighted by Gasteiger charge is 2.17. The Hall–Kier alpha value is -0.850. The van der Waals surface area contributed by atoms with Crippen LogP contribution in [0.15, 0.2) is 17.0 Å². The Balaban J connectivity index is 2.53. The fraction of sp³-hybridized carbons (Fsp3) is 0.300. The van der Waals surface area contributed by atoms with Crippen molar-refractivity contribution in [3.05, 3.63) is 27.3 Å². The van der Waals surface area contributed by atoms with Crippen molar-refractivity contribution < 1.29 is 4.92 Å². The van der Waals surface area contributed by atoms with Crippen LogP contribution >= 0.6 is 34.7 Å². The van der Waals surface area contributed by atoms with Gasteiger partial charge in [-0.15, -0.1) is 34.7 Å². The Labute approximate surface area is 111 Å². The van der Waals surface area contributed by atoms with Gasteiger partial charge in [0.1, 0.15) is 0 Å². The molecule has 1 aromatic carbocycles. The van der Waals surface area contributed by atoms with Crippen LogP contribution in [0.5, 0.6) is 0 Å². The van der Waals surface area contributed by atoms with E-state index in [9.17, 15) is 10.1 Å². The van der Waals surface area contributed by atoms with Crippen molar-refractivity contribution in [3.63, 3.8) is 0 Å². The van der Waals surface area contributed by atoms with Gasteiger partial charge >= 0.3 is 0 Å². The third kappa shape index (κ3) is 2.70. The number of nitro benzene ring substituents is 1. The van der Waals surface area contributed by atoms with Crippen LogP contribution in [0.25, 0.3) is 10.2 Å². The first-order valence-electron chi connectivity index (χ1n) is 4.86. The molecule has 0 spiro atoms. The number of benzene rings is 1. The van der Waals surface area contributed by atoms with Crippen molar-refractivity contribution in [2.45, 2.75) is 11.8 Å². The van der Waals surface area contributed by atoms with Crippen molar-refractivity contribution >= 4 is 50.6 Å². The Morgan fingerprint density at radius 3 is 3.00 bits per heavy atom. The molecule has 90 valence electrons. The Bertz CT molecular complexity index is 571. The summed E-state index contributed by atoms with van der Waals surface area (Å²) < 4.78 is 0.851. The van der Waals surface area contributed by atoms with Crippen LogP contribution in [-0.2, 0) is 0 Å². The minimum absolute atomic E-state index is 0.135. The summed E-state index contributed by atoms with van der Waals surface area (Å²) in [6, 6.07) is 3.37. The number of thiazole rings is 1. The molecule has 1 aromatic heterocycles. The zero-order valence-electron chi connectivity index (χ0n) is 8.97. The second-order valence-electron chi connectivity index (χ2n) is 3.32. The van der Waals surface area contributed by atoms with Crippen LogP contribution in [0, 0.1) is 17.0 Å². The Kier molecular flexibility index (Phi) is 3.86. The number of hydrogen-bond acceptors (Lipinski definition) is 5. The van der Waals surface area contributed by atoms with E-state index in [1.54, 1.807) is 12.1 Å². The predicted molar refractivity (Wildman–Crippen MR) is 72.5 cm³/mol. The minimum Gasteiger partial charge on any atom is -0.258 e. The highest BCUT2D eigenvalue weighted by molar-refractivity contribution is 7.99. The normalized spacial score (nSPS) is 10.9. The first kappa shape index (κ1) is 12.6. The smallest absolute Gasteiger partial charge is 0.258 e. The number of nitro groups is 1. The van der Waals surface area contributed by atoms with Gasteiger partial charge in [0.15, 0.2) is 0 Å². The topological polar surface area (TPSA) is 56.0 Å². The summed E-state index contributed by atoms with van der Waals surface area (Å²) in [7, 11) is 0. The molecule has 0 fully saturated rings. The number of hydrogen-bond donors (Lipinski definition) is 0. The van der Waals surface area contributed by atoms with Gasteiger partial charge in [0.2, 0.25) is 0 Å². The van der Waals surface area contributed by atoms with Crippen LogP contribution in [-0.4, -0.2) is 21.5 Å². The SMILES string of the molecule is Cc1nc2cc(SCCCl)c([N+](=O)[O-])cc2s1. The van der Waals surface area contributed by atoms with Crippen molar-refractivity contribution in [2.24, 2.45) is 0 Å². The van der Waals surface area contributed by atoms with E-state index >= 15 is 0 Å². The monoisotopic (exact) mass is 288 g/mol. The van der Waals surface area contributed by atoms with E-state index in [1.165, 1.54) is 23.1 Å². The second-order valence-corrected chi connectivity index (χ2v) is 6.06. The summed E-state index contributed by atoms with van der Waals surface area (Å²) in [5.41, 5.74) is 0.950. The number of aryl methyl sites for hydroxylation is 1. The third-order valence-electron chi connectivity index (χ3n) is 2.11. The molecular formula is C10H9ClN2O2S2. The zero-order valence-corrected chi connectivity index (χ0v) is 11.4. The Morgan fingerprint density at radius 2 is 2.35 bits per heavy atom. The van der Waals surface area contributed by atoms with Gasteiger partial charge in [-0.1, -0.05) is 0 Å². The Morgan fingerprint density at radius 1 is 1.59 bits per heavy atom. The number of rotatable bonds is 4. The number of fused-ring (bicyclic) bond motifs is 1. The first-order valence-corrected chi connectivity index (χ1v) is 7.20. The second kappa shape index (κ2) is 5.20. The number of aromatic nitrogens is 1. The van der Waals surface area contributed by atoms with Gasteiger partial charge in [0.25, 0.3) is 5.69 Å². The average Bonchev–Trinajstić information content (AvgIpc) is 2.63. The third-order valence-corrected chi connectivity index (χ3v) is 4.50. The van der Waals surface area contributed by atoms with E-state index in [2.05, 4.69) is 4.98 Å². The molecule has 2 aromatic rings. The molecule has 2 rings (SSSR count). The van der Waals surface area contributed by atoms with Crippen LogP contribution in [0.3, 0.4) is 0 Å². The summed E-state index contributed by atoms with van der Waals surface area (Å²) in [5, 5.41) is 11.9. The number of nitrogens with zero attached hydrogens (tertiary/aromatic N) is 2. The molecule has 17 heavy (non-hydrogen) atoms. The maximum absolute atomic E-state index is 11.0. The maximum atomic E-state index is 11.0. The summed E-state index contributed by atoms with van der Waals surface area (Å²) in [4.78, 5) is 15.6. The van der Waals surface area contributed by atoms with Gasteiger partial charge in [-0.05, 0) is 13.0 Å². The van der Waals surface area contributed by atoms with Gasteiger partial charge in [0.05, 0.1) is 25.0 Å². The summed E-state index contributed by atoms with van der Waals surface area (Å²) in [5.74, 6) is 1.12.